The number of hydrogen-bond acceptors (Lipinski definition) is 4. The van der Waals surface area contributed by atoms with Crippen LogP contribution in [0.1, 0.15) is 64.4 Å². The minimum atomic E-state index is -0.576. The number of anilines is 1. The molecule has 1 aliphatic carbocycles. The molecule has 0 unspecified atom stereocenters. The van der Waals surface area contributed by atoms with Crippen molar-refractivity contribution in [2.24, 2.45) is 10.8 Å². The summed E-state index contributed by atoms with van der Waals surface area (Å²) in [7, 11) is 0. The summed E-state index contributed by atoms with van der Waals surface area (Å²) < 4.78 is 19.1. The molecule has 1 aromatic heterocycles. The zero-order valence-electron chi connectivity index (χ0n) is 19.0. The molecule has 1 aliphatic heterocycles. The number of rotatable bonds is 5. The Morgan fingerprint density at radius 3 is 2.77 bits per heavy atom. The van der Waals surface area contributed by atoms with Gasteiger partial charge in [0, 0.05) is 23.5 Å². The van der Waals surface area contributed by atoms with Crippen molar-refractivity contribution < 1.29 is 18.7 Å². The second-order valence-corrected chi connectivity index (χ2v) is 10.3. The maximum absolute atomic E-state index is 13.9. The predicted molar refractivity (Wildman–Crippen MR) is 119 cm³/mol. The van der Waals surface area contributed by atoms with E-state index in [0.717, 1.165) is 25.8 Å². The van der Waals surface area contributed by atoms with Gasteiger partial charge in [0.05, 0.1) is 18.3 Å². The van der Waals surface area contributed by atoms with E-state index in [2.05, 4.69) is 36.0 Å². The van der Waals surface area contributed by atoms with Gasteiger partial charge in [-0.1, -0.05) is 20.8 Å². The predicted octanol–water partition coefficient (Wildman–Crippen LogP) is 4.71. The van der Waals surface area contributed by atoms with Gasteiger partial charge in [-0.05, 0) is 62.1 Å². The van der Waals surface area contributed by atoms with E-state index in [4.69, 9.17) is 4.74 Å². The normalized spacial score (nSPS) is 26.1. The Morgan fingerprint density at radius 1 is 1.32 bits per heavy atom. The van der Waals surface area contributed by atoms with Crippen LogP contribution in [0.5, 0.6) is 0 Å². The first-order chi connectivity index (χ1) is 14.5. The third kappa shape index (κ3) is 4.07. The highest BCUT2D eigenvalue weighted by Crippen LogP contribution is 2.53. The summed E-state index contributed by atoms with van der Waals surface area (Å²) in [4.78, 5) is 31.1. The van der Waals surface area contributed by atoms with Gasteiger partial charge in [0.15, 0.2) is 0 Å². The molecule has 1 aromatic carbocycles. The Balaban J connectivity index is 1.62. The lowest BCUT2D eigenvalue weighted by Gasteiger charge is -2.40. The molecule has 1 amide bonds. The highest BCUT2D eigenvalue weighted by molar-refractivity contribution is 6.11. The number of carbonyl (C=O) groups is 2. The Labute approximate surface area is 182 Å². The Morgan fingerprint density at radius 2 is 2.06 bits per heavy atom. The summed E-state index contributed by atoms with van der Waals surface area (Å²) in [6, 6.07) is 4.18. The molecule has 1 saturated carbocycles. The SMILES string of the molecule is CCOC(=O)c1[nH]c2ccc(F)cc2c1NC(=O)[C@H](C)N1C[C@@]2(C)C[C@H]1CC(C)(C)C2. The number of likely N-dealkylation sites (tertiary alicyclic amines) is 1. The van der Waals surface area contributed by atoms with Gasteiger partial charge in [-0.2, -0.15) is 0 Å². The Bertz CT molecular complexity index is 1030. The van der Waals surface area contributed by atoms with Crippen LogP contribution in [-0.2, 0) is 9.53 Å². The lowest BCUT2D eigenvalue weighted by atomic mass is 9.65. The molecule has 0 radical (unpaired) electrons. The molecule has 2 aromatic rings. The van der Waals surface area contributed by atoms with Crippen molar-refractivity contribution in [1.82, 2.24) is 9.88 Å². The zero-order valence-corrected chi connectivity index (χ0v) is 19.0. The van der Waals surface area contributed by atoms with Gasteiger partial charge in [-0.3, -0.25) is 9.69 Å². The molecule has 1 saturated heterocycles. The number of esters is 1. The molecule has 31 heavy (non-hydrogen) atoms. The first-order valence-electron chi connectivity index (χ1n) is 11.1. The molecular weight excluding hydrogens is 397 g/mol. The van der Waals surface area contributed by atoms with Gasteiger partial charge >= 0.3 is 5.97 Å². The van der Waals surface area contributed by atoms with Crippen molar-refractivity contribution in [3.05, 3.63) is 29.7 Å². The van der Waals surface area contributed by atoms with Crippen LogP contribution in [0.25, 0.3) is 10.9 Å². The van der Waals surface area contributed by atoms with Crippen LogP contribution in [0, 0.1) is 16.6 Å². The molecule has 2 bridgehead atoms. The van der Waals surface area contributed by atoms with Crippen molar-refractivity contribution in [2.45, 2.75) is 66.0 Å². The third-order valence-corrected chi connectivity index (χ3v) is 6.82. The van der Waals surface area contributed by atoms with Crippen LogP contribution in [0.2, 0.25) is 0 Å². The number of halogens is 1. The minimum Gasteiger partial charge on any atom is -0.461 e. The number of aromatic amines is 1. The molecular formula is C24H32FN3O3. The fourth-order valence-electron chi connectivity index (χ4n) is 5.99. The Kier molecular flexibility index (Phi) is 5.36. The maximum atomic E-state index is 13.9. The number of nitrogens with zero attached hydrogens (tertiary/aromatic N) is 1. The number of fused-ring (bicyclic) bond motifs is 3. The summed E-state index contributed by atoms with van der Waals surface area (Å²) in [5.74, 6) is -1.22. The molecule has 168 valence electrons. The van der Waals surface area contributed by atoms with Crippen LogP contribution < -0.4 is 5.32 Å². The van der Waals surface area contributed by atoms with E-state index in [-0.39, 0.29) is 40.8 Å². The van der Waals surface area contributed by atoms with Gasteiger partial charge in [0.1, 0.15) is 11.5 Å². The second kappa shape index (κ2) is 7.62. The molecule has 2 heterocycles. The summed E-state index contributed by atoms with van der Waals surface area (Å²) in [5.41, 5.74) is 1.45. The number of ether oxygens (including phenoxy) is 1. The van der Waals surface area contributed by atoms with E-state index in [9.17, 15) is 14.0 Å². The standard InChI is InChI=1S/C24H32FN3O3/c1-6-31-22(30)20-19(17-9-15(25)7-8-18(17)26-20)27-21(29)14(2)28-13-24(5)11-16(28)10-23(3,4)12-24/h7-9,14,16,26H,6,10-13H2,1-5H3,(H,27,29)/t14-,16+,24-/m0/s1. The average Bonchev–Trinajstić information content (AvgIpc) is 3.14. The number of benzene rings is 1. The van der Waals surface area contributed by atoms with Gasteiger partial charge in [0.25, 0.3) is 0 Å². The molecule has 6 nitrogen and oxygen atoms in total. The van der Waals surface area contributed by atoms with Crippen LogP contribution in [0.3, 0.4) is 0 Å². The van der Waals surface area contributed by atoms with Crippen LogP contribution in [-0.4, -0.2) is 47.0 Å². The van der Waals surface area contributed by atoms with Crippen molar-refractivity contribution >= 4 is 28.5 Å². The number of amides is 1. The van der Waals surface area contributed by atoms with Crippen molar-refractivity contribution in [3.63, 3.8) is 0 Å². The van der Waals surface area contributed by atoms with E-state index in [0.29, 0.717) is 16.9 Å². The highest BCUT2D eigenvalue weighted by atomic mass is 19.1. The monoisotopic (exact) mass is 429 g/mol. The van der Waals surface area contributed by atoms with E-state index in [1.165, 1.54) is 12.1 Å². The first kappa shape index (κ1) is 21.8. The molecule has 0 spiro atoms. The smallest absolute Gasteiger partial charge is 0.356 e. The summed E-state index contributed by atoms with van der Waals surface area (Å²) >= 11 is 0. The zero-order chi connectivity index (χ0) is 22.6. The van der Waals surface area contributed by atoms with E-state index in [1.54, 1.807) is 13.0 Å². The quantitative estimate of drug-likeness (QED) is 0.675. The van der Waals surface area contributed by atoms with Crippen LogP contribution in [0.4, 0.5) is 10.1 Å². The molecule has 2 fully saturated rings. The van der Waals surface area contributed by atoms with Gasteiger partial charge < -0.3 is 15.0 Å². The van der Waals surface area contributed by atoms with Crippen molar-refractivity contribution in [2.75, 3.05) is 18.5 Å². The van der Waals surface area contributed by atoms with Gasteiger partial charge in [-0.25, -0.2) is 9.18 Å². The molecule has 2 aliphatic rings. The van der Waals surface area contributed by atoms with Crippen molar-refractivity contribution in [1.29, 1.82) is 0 Å². The number of H-pyrrole nitrogens is 1. The molecule has 3 atom stereocenters. The van der Waals surface area contributed by atoms with Crippen molar-refractivity contribution in [3.8, 4) is 0 Å². The molecule has 7 heteroatoms. The fraction of sp³-hybridized carbons (Fsp3) is 0.583. The van der Waals surface area contributed by atoms with E-state index in [1.807, 2.05) is 6.92 Å². The van der Waals surface area contributed by atoms with Crippen LogP contribution in [0.15, 0.2) is 18.2 Å². The maximum Gasteiger partial charge on any atom is 0.356 e. The van der Waals surface area contributed by atoms with E-state index < -0.39 is 11.8 Å². The topological polar surface area (TPSA) is 74.4 Å². The third-order valence-electron chi connectivity index (χ3n) is 6.82. The minimum absolute atomic E-state index is 0.135. The number of aromatic nitrogens is 1. The molecule has 2 N–H and O–H groups in total. The lowest BCUT2D eigenvalue weighted by Crippen LogP contribution is -2.45. The average molecular weight is 430 g/mol. The fourth-order valence-corrected chi connectivity index (χ4v) is 5.99. The Hall–Kier alpha value is -2.41. The number of nitrogens with one attached hydrogen (secondary N) is 2. The summed E-state index contributed by atoms with van der Waals surface area (Å²) in [6.45, 7) is 11.6. The van der Waals surface area contributed by atoms with Gasteiger partial charge in [-0.15, -0.1) is 0 Å². The molecule has 4 rings (SSSR count). The summed E-state index contributed by atoms with van der Waals surface area (Å²) in [6.07, 6.45) is 3.31. The second-order valence-electron chi connectivity index (χ2n) is 10.3. The van der Waals surface area contributed by atoms with E-state index >= 15 is 0 Å². The first-order valence-corrected chi connectivity index (χ1v) is 11.1. The van der Waals surface area contributed by atoms with Crippen LogP contribution >= 0.6 is 0 Å². The van der Waals surface area contributed by atoms with Gasteiger partial charge in [0.2, 0.25) is 5.91 Å². The lowest BCUT2D eigenvalue weighted by molar-refractivity contribution is -0.121. The highest BCUT2D eigenvalue weighted by Gasteiger charge is 2.51. The number of hydrogen-bond donors (Lipinski definition) is 2. The summed E-state index contributed by atoms with van der Waals surface area (Å²) in [5, 5.41) is 3.37. The largest absolute Gasteiger partial charge is 0.461 e. The number of carbonyl (C=O) groups excluding carboxylic acids is 2.